The van der Waals surface area contributed by atoms with Crippen LogP contribution in [-0.4, -0.2) is 24.7 Å². The second-order valence-electron chi connectivity index (χ2n) is 4.21. The number of esters is 1. The molecule has 0 aliphatic heterocycles. The summed E-state index contributed by atoms with van der Waals surface area (Å²) in [7, 11) is 1.30. The number of nitrogens with one attached hydrogen (secondary N) is 1. The number of methoxy groups -OCH3 is 1. The van der Waals surface area contributed by atoms with Gasteiger partial charge < -0.3 is 20.5 Å². The zero-order valence-corrected chi connectivity index (χ0v) is 11.9. The Labute approximate surface area is 122 Å². The topological polar surface area (TPSA) is 86.5 Å². The second-order valence-corrected chi connectivity index (χ2v) is 4.21. The third-order valence-electron chi connectivity index (χ3n) is 2.73. The molecule has 0 radical (unpaired) electrons. The minimum Gasteiger partial charge on any atom is -0.494 e. The van der Waals surface area contributed by atoms with Gasteiger partial charge >= 0.3 is 5.97 Å². The minimum atomic E-state index is -0.513. The molecule has 3 N–H and O–H groups in total. The predicted molar refractivity (Wildman–Crippen MR) is 80.9 cm³/mol. The van der Waals surface area contributed by atoms with Crippen LogP contribution in [0.25, 0.3) is 0 Å². The Morgan fingerprint density at radius 1 is 1.33 bits per heavy atom. The van der Waals surface area contributed by atoms with Gasteiger partial charge in [0.05, 0.1) is 19.4 Å². The first-order valence-corrected chi connectivity index (χ1v) is 6.48. The number of nitrogens with zero attached hydrogens (tertiary/aromatic N) is 1. The number of nitrogens with two attached hydrogens (primary N) is 1. The smallest absolute Gasteiger partial charge is 0.356 e. The van der Waals surface area contributed by atoms with Crippen molar-refractivity contribution in [3.05, 3.63) is 42.1 Å². The molecule has 110 valence electrons. The number of benzene rings is 1. The average molecular weight is 287 g/mol. The lowest BCUT2D eigenvalue weighted by Gasteiger charge is -2.11. The maximum atomic E-state index is 11.5. The first-order chi connectivity index (χ1) is 10.1. The summed E-state index contributed by atoms with van der Waals surface area (Å²) >= 11 is 0. The van der Waals surface area contributed by atoms with E-state index in [9.17, 15) is 4.79 Å². The number of pyridine rings is 1. The Balaban J connectivity index is 2.26. The van der Waals surface area contributed by atoms with Gasteiger partial charge in [-0.3, -0.25) is 0 Å². The summed E-state index contributed by atoms with van der Waals surface area (Å²) in [6, 6.07) is 10.5. The van der Waals surface area contributed by atoms with E-state index in [1.54, 1.807) is 6.07 Å². The first kappa shape index (κ1) is 14.6. The van der Waals surface area contributed by atoms with Crippen LogP contribution in [0, 0.1) is 0 Å². The summed E-state index contributed by atoms with van der Waals surface area (Å²) in [5.74, 6) is 0.623. The second kappa shape index (κ2) is 6.60. The molecular weight excluding hydrogens is 270 g/mol. The highest BCUT2D eigenvalue weighted by molar-refractivity contribution is 5.88. The molecule has 0 aliphatic carbocycles. The van der Waals surface area contributed by atoms with Crippen LogP contribution in [0.1, 0.15) is 17.4 Å². The minimum absolute atomic E-state index is 0.190. The quantitative estimate of drug-likeness (QED) is 0.822. The van der Waals surface area contributed by atoms with Crippen LogP contribution in [0.15, 0.2) is 36.4 Å². The Bertz CT molecular complexity index is 644. The van der Waals surface area contributed by atoms with Crippen LogP contribution in [0.3, 0.4) is 0 Å². The van der Waals surface area contributed by atoms with E-state index in [1.807, 2.05) is 31.2 Å². The van der Waals surface area contributed by atoms with Gasteiger partial charge in [-0.15, -0.1) is 0 Å². The lowest BCUT2D eigenvalue weighted by Crippen LogP contribution is -2.08. The summed E-state index contributed by atoms with van der Waals surface area (Å²) in [6.07, 6.45) is 0. The van der Waals surface area contributed by atoms with E-state index in [4.69, 9.17) is 10.5 Å². The van der Waals surface area contributed by atoms with Crippen LogP contribution >= 0.6 is 0 Å². The van der Waals surface area contributed by atoms with Crippen molar-refractivity contribution in [1.29, 1.82) is 0 Å². The van der Waals surface area contributed by atoms with Crippen molar-refractivity contribution in [1.82, 2.24) is 4.98 Å². The average Bonchev–Trinajstić information content (AvgIpc) is 2.49. The molecule has 2 aromatic rings. The van der Waals surface area contributed by atoms with Gasteiger partial charge in [-0.05, 0) is 31.2 Å². The van der Waals surface area contributed by atoms with Gasteiger partial charge in [-0.2, -0.15) is 0 Å². The molecule has 0 saturated heterocycles. The molecule has 21 heavy (non-hydrogen) atoms. The van der Waals surface area contributed by atoms with Crippen molar-refractivity contribution in [3.8, 4) is 5.75 Å². The number of nitrogen functional groups attached to an aromatic ring is 1. The highest BCUT2D eigenvalue weighted by Crippen LogP contribution is 2.24. The van der Waals surface area contributed by atoms with Crippen LogP contribution in [-0.2, 0) is 4.74 Å². The lowest BCUT2D eigenvalue weighted by molar-refractivity contribution is 0.0594. The van der Waals surface area contributed by atoms with E-state index < -0.39 is 5.97 Å². The fraction of sp³-hybridized carbons (Fsp3) is 0.200. The zero-order valence-electron chi connectivity index (χ0n) is 11.9. The van der Waals surface area contributed by atoms with E-state index in [0.717, 1.165) is 11.4 Å². The number of rotatable bonds is 5. The molecule has 1 aromatic carbocycles. The van der Waals surface area contributed by atoms with E-state index in [2.05, 4.69) is 15.0 Å². The van der Waals surface area contributed by atoms with Gasteiger partial charge in [0.15, 0.2) is 11.5 Å². The largest absolute Gasteiger partial charge is 0.494 e. The monoisotopic (exact) mass is 287 g/mol. The highest BCUT2D eigenvalue weighted by Gasteiger charge is 2.10. The highest BCUT2D eigenvalue weighted by atomic mass is 16.5. The molecule has 6 heteroatoms. The summed E-state index contributed by atoms with van der Waals surface area (Å²) in [5.41, 5.74) is 7.26. The van der Waals surface area contributed by atoms with Crippen molar-refractivity contribution < 1.29 is 14.3 Å². The molecule has 6 nitrogen and oxygen atoms in total. The summed E-state index contributed by atoms with van der Waals surface area (Å²) in [6.45, 7) is 2.50. The SMILES string of the molecule is CCOc1cccc(Nc2nc(C(=O)OC)ccc2N)c1. The Kier molecular flexibility index (Phi) is 4.61. The number of anilines is 3. The molecule has 1 aromatic heterocycles. The Hall–Kier alpha value is -2.76. The van der Waals surface area contributed by atoms with Crippen LogP contribution in [0.4, 0.5) is 17.2 Å². The molecule has 1 heterocycles. The zero-order chi connectivity index (χ0) is 15.2. The van der Waals surface area contributed by atoms with Gasteiger partial charge in [0.1, 0.15) is 5.75 Å². The maximum Gasteiger partial charge on any atom is 0.356 e. The van der Waals surface area contributed by atoms with Crippen molar-refractivity contribution >= 4 is 23.2 Å². The molecule has 0 fully saturated rings. The van der Waals surface area contributed by atoms with Gasteiger partial charge in [0.2, 0.25) is 0 Å². The normalized spacial score (nSPS) is 10.0. The van der Waals surface area contributed by atoms with Gasteiger partial charge in [0, 0.05) is 11.8 Å². The fourth-order valence-corrected chi connectivity index (χ4v) is 1.76. The molecule has 0 amide bonds. The molecular formula is C15H17N3O3. The van der Waals surface area contributed by atoms with Gasteiger partial charge in [-0.1, -0.05) is 6.07 Å². The van der Waals surface area contributed by atoms with Gasteiger partial charge in [0.25, 0.3) is 0 Å². The van der Waals surface area contributed by atoms with Crippen molar-refractivity contribution in [2.45, 2.75) is 6.92 Å². The van der Waals surface area contributed by atoms with Gasteiger partial charge in [-0.25, -0.2) is 9.78 Å². The Morgan fingerprint density at radius 3 is 2.86 bits per heavy atom. The van der Waals surface area contributed by atoms with E-state index in [1.165, 1.54) is 13.2 Å². The van der Waals surface area contributed by atoms with Crippen molar-refractivity contribution in [3.63, 3.8) is 0 Å². The van der Waals surface area contributed by atoms with Crippen LogP contribution in [0.5, 0.6) is 5.75 Å². The molecule has 0 aliphatic rings. The number of aromatic nitrogens is 1. The third-order valence-corrected chi connectivity index (χ3v) is 2.73. The predicted octanol–water partition coefficient (Wildman–Crippen LogP) is 2.59. The lowest BCUT2D eigenvalue weighted by atomic mass is 10.2. The fourth-order valence-electron chi connectivity index (χ4n) is 1.76. The molecule has 0 unspecified atom stereocenters. The molecule has 0 spiro atoms. The summed E-state index contributed by atoms with van der Waals surface area (Å²) in [4.78, 5) is 15.7. The molecule has 2 rings (SSSR count). The number of hydrogen-bond acceptors (Lipinski definition) is 6. The van der Waals surface area contributed by atoms with Crippen molar-refractivity contribution in [2.24, 2.45) is 0 Å². The maximum absolute atomic E-state index is 11.5. The third kappa shape index (κ3) is 3.62. The number of hydrogen-bond donors (Lipinski definition) is 2. The molecule has 0 atom stereocenters. The van der Waals surface area contributed by atoms with E-state index in [0.29, 0.717) is 18.1 Å². The van der Waals surface area contributed by atoms with E-state index in [-0.39, 0.29) is 5.69 Å². The first-order valence-electron chi connectivity index (χ1n) is 6.48. The van der Waals surface area contributed by atoms with Crippen LogP contribution < -0.4 is 15.8 Å². The Morgan fingerprint density at radius 2 is 2.14 bits per heavy atom. The number of ether oxygens (including phenoxy) is 2. The number of carbonyl (C=O) groups excluding carboxylic acids is 1. The standard InChI is InChI=1S/C15H17N3O3/c1-3-21-11-6-4-5-10(9-11)17-14-12(16)7-8-13(18-14)15(19)20-2/h4-9H,3,16H2,1-2H3,(H,17,18). The van der Waals surface area contributed by atoms with Crippen LogP contribution in [0.2, 0.25) is 0 Å². The number of carbonyl (C=O) groups is 1. The van der Waals surface area contributed by atoms with Crippen molar-refractivity contribution in [2.75, 3.05) is 24.8 Å². The summed E-state index contributed by atoms with van der Waals surface area (Å²) in [5, 5.41) is 3.07. The van der Waals surface area contributed by atoms with E-state index >= 15 is 0 Å². The molecule has 0 saturated carbocycles. The summed E-state index contributed by atoms with van der Waals surface area (Å²) < 4.78 is 10.1. The molecule has 0 bridgehead atoms.